The summed E-state index contributed by atoms with van der Waals surface area (Å²) in [6.07, 6.45) is 2.58. The second-order valence-corrected chi connectivity index (χ2v) is 7.87. The van der Waals surface area contributed by atoms with Crippen molar-refractivity contribution in [2.75, 3.05) is 0 Å². The van der Waals surface area contributed by atoms with Crippen molar-refractivity contribution in [2.45, 2.75) is 23.4 Å². The van der Waals surface area contributed by atoms with Crippen LogP contribution >= 0.6 is 47.4 Å². The molecule has 0 spiro atoms. The molecule has 9 heteroatoms. The van der Waals surface area contributed by atoms with Crippen LogP contribution < -0.4 is 5.73 Å². The fourth-order valence-electron chi connectivity index (χ4n) is 2.83. The number of aromatic amines is 1. The Hall–Kier alpha value is -1.70. The Morgan fingerprint density at radius 1 is 1.11 bits per heavy atom. The maximum atomic E-state index is 6.28. The lowest BCUT2D eigenvalue weighted by atomic mass is 10.1. The van der Waals surface area contributed by atoms with Gasteiger partial charge in [0.1, 0.15) is 0 Å². The maximum Gasteiger partial charge on any atom is 0.276 e. The second-order valence-electron chi connectivity index (χ2n) is 6.10. The van der Waals surface area contributed by atoms with Crippen molar-refractivity contribution in [1.29, 1.82) is 0 Å². The Morgan fingerprint density at radius 3 is 2.75 bits per heavy atom. The number of benzene rings is 2. The van der Waals surface area contributed by atoms with Crippen LogP contribution in [0, 0.1) is 0 Å². The molecule has 2 aromatic heterocycles. The van der Waals surface area contributed by atoms with Gasteiger partial charge in [-0.15, -0.1) is 22.6 Å². The zero-order valence-corrected chi connectivity index (χ0v) is 17.7. The number of nitrogens with one attached hydrogen (secondary N) is 1. The first kappa shape index (κ1) is 21.0. The molecule has 0 bridgehead atoms. The Kier molecular flexibility index (Phi) is 6.91. The van der Waals surface area contributed by atoms with Crippen LogP contribution in [0.25, 0.3) is 10.9 Å². The van der Waals surface area contributed by atoms with Crippen molar-refractivity contribution < 1.29 is 4.42 Å². The molecule has 3 N–H and O–H groups in total. The van der Waals surface area contributed by atoms with E-state index in [2.05, 4.69) is 21.2 Å². The first-order valence-corrected chi connectivity index (χ1v) is 10.0. The number of thioether (sulfide) groups is 1. The largest absolute Gasteiger partial charge is 0.414 e. The molecule has 0 saturated heterocycles. The molecule has 0 aliphatic heterocycles. The molecule has 28 heavy (non-hydrogen) atoms. The molecule has 0 unspecified atom stereocenters. The van der Waals surface area contributed by atoms with Gasteiger partial charge in [-0.3, -0.25) is 0 Å². The Balaban J connectivity index is 0.00000225. The number of hydrogen-bond donors (Lipinski definition) is 2. The van der Waals surface area contributed by atoms with Gasteiger partial charge in [-0.25, -0.2) is 0 Å². The summed E-state index contributed by atoms with van der Waals surface area (Å²) in [6.45, 7) is 0. The molecule has 0 radical (unpaired) electrons. The lowest BCUT2D eigenvalue weighted by Gasteiger charge is -2.06. The molecule has 0 amide bonds. The van der Waals surface area contributed by atoms with Gasteiger partial charge in [0.2, 0.25) is 5.89 Å². The molecule has 0 aliphatic carbocycles. The Morgan fingerprint density at radius 2 is 1.93 bits per heavy atom. The number of nitrogens with zero attached hydrogens (tertiary/aromatic N) is 2. The van der Waals surface area contributed by atoms with Gasteiger partial charge in [-0.2, -0.15) is 0 Å². The number of halogens is 3. The standard InChI is InChI=1S/C19H16Cl2N4OS.ClH/c20-13-6-5-11(15(21)8-13)10-27-19-25-24-18(26-19)16(22)7-12-9-23-17-4-2-1-3-14(12)17;/h1-6,8-9,16,23H,7,10,22H2;1H/t16-;/m0./s1. The van der Waals surface area contributed by atoms with E-state index < -0.39 is 0 Å². The van der Waals surface area contributed by atoms with E-state index in [0.29, 0.717) is 33.3 Å². The van der Waals surface area contributed by atoms with Gasteiger partial charge >= 0.3 is 0 Å². The van der Waals surface area contributed by atoms with Crippen LogP contribution in [0.2, 0.25) is 10.0 Å². The zero-order valence-electron chi connectivity index (χ0n) is 14.6. The highest BCUT2D eigenvalue weighted by atomic mass is 35.5. The molecule has 0 fully saturated rings. The van der Waals surface area contributed by atoms with Crippen molar-refractivity contribution in [2.24, 2.45) is 5.73 Å². The third-order valence-corrected chi connectivity index (χ3v) is 5.67. The third-order valence-electron chi connectivity index (χ3n) is 4.22. The normalized spacial score (nSPS) is 12.1. The van der Waals surface area contributed by atoms with E-state index in [1.165, 1.54) is 11.8 Å². The average Bonchev–Trinajstić information content (AvgIpc) is 3.29. The predicted octanol–water partition coefficient (Wildman–Crippen LogP) is 5.81. The van der Waals surface area contributed by atoms with E-state index in [-0.39, 0.29) is 18.4 Å². The summed E-state index contributed by atoms with van der Waals surface area (Å²) in [7, 11) is 0. The molecule has 2 aromatic carbocycles. The van der Waals surface area contributed by atoms with Crippen LogP contribution in [-0.4, -0.2) is 15.2 Å². The first-order valence-electron chi connectivity index (χ1n) is 8.31. The number of rotatable bonds is 6. The van der Waals surface area contributed by atoms with Crippen molar-refractivity contribution in [3.8, 4) is 0 Å². The molecule has 2 heterocycles. The number of H-pyrrole nitrogens is 1. The summed E-state index contributed by atoms with van der Waals surface area (Å²) in [5.74, 6) is 1.03. The first-order chi connectivity index (χ1) is 13.1. The second kappa shape index (κ2) is 9.20. The molecule has 4 aromatic rings. The molecule has 0 saturated carbocycles. The lowest BCUT2D eigenvalue weighted by Crippen LogP contribution is -2.13. The lowest BCUT2D eigenvalue weighted by molar-refractivity contribution is 0.385. The minimum Gasteiger partial charge on any atom is -0.414 e. The molecule has 5 nitrogen and oxygen atoms in total. The highest BCUT2D eigenvalue weighted by Crippen LogP contribution is 2.29. The number of hydrogen-bond acceptors (Lipinski definition) is 5. The van der Waals surface area contributed by atoms with E-state index in [1.54, 1.807) is 12.1 Å². The summed E-state index contributed by atoms with van der Waals surface area (Å²) >= 11 is 13.5. The van der Waals surface area contributed by atoms with Crippen molar-refractivity contribution in [3.63, 3.8) is 0 Å². The van der Waals surface area contributed by atoms with Gasteiger partial charge in [0.05, 0.1) is 6.04 Å². The topological polar surface area (TPSA) is 80.7 Å². The van der Waals surface area contributed by atoms with Gasteiger partial charge in [0, 0.05) is 32.9 Å². The fourth-order valence-corrected chi connectivity index (χ4v) is 4.16. The van der Waals surface area contributed by atoms with Gasteiger partial charge < -0.3 is 15.1 Å². The smallest absolute Gasteiger partial charge is 0.276 e. The third kappa shape index (κ3) is 4.64. The number of para-hydroxylation sites is 1. The monoisotopic (exact) mass is 454 g/mol. The summed E-state index contributed by atoms with van der Waals surface area (Å²) < 4.78 is 5.73. The maximum absolute atomic E-state index is 6.28. The highest BCUT2D eigenvalue weighted by molar-refractivity contribution is 7.98. The number of nitrogens with two attached hydrogens (primary N) is 1. The molecule has 1 atom stereocenters. The molecule has 0 aliphatic rings. The minimum absolute atomic E-state index is 0. The summed E-state index contributed by atoms with van der Waals surface area (Å²) in [4.78, 5) is 3.25. The Labute approximate surface area is 182 Å². The predicted molar refractivity (Wildman–Crippen MR) is 117 cm³/mol. The number of aromatic nitrogens is 3. The van der Waals surface area contributed by atoms with E-state index in [4.69, 9.17) is 33.4 Å². The van der Waals surface area contributed by atoms with Crippen LogP contribution in [0.4, 0.5) is 0 Å². The average molecular weight is 456 g/mol. The van der Waals surface area contributed by atoms with Gasteiger partial charge in [0.25, 0.3) is 5.22 Å². The van der Waals surface area contributed by atoms with Gasteiger partial charge in [-0.05, 0) is 35.7 Å². The fraction of sp³-hybridized carbons (Fsp3) is 0.158. The van der Waals surface area contributed by atoms with Crippen LogP contribution in [-0.2, 0) is 12.2 Å². The molecular formula is C19H17Cl3N4OS. The Bertz CT molecular complexity index is 1080. The zero-order chi connectivity index (χ0) is 18.8. The van der Waals surface area contributed by atoms with Crippen molar-refractivity contribution in [3.05, 3.63) is 75.7 Å². The van der Waals surface area contributed by atoms with Crippen molar-refractivity contribution >= 4 is 58.3 Å². The van der Waals surface area contributed by atoms with Gasteiger partial charge in [-0.1, -0.05) is 59.2 Å². The minimum atomic E-state index is -0.370. The highest BCUT2D eigenvalue weighted by Gasteiger charge is 2.17. The SMILES string of the molecule is Cl.N[C@@H](Cc1c[nH]c2ccccc12)c1nnc(SCc2ccc(Cl)cc2Cl)o1. The van der Waals surface area contributed by atoms with Crippen LogP contribution in [0.1, 0.15) is 23.1 Å². The molecular weight excluding hydrogens is 439 g/mol. The van der Waals surface area contributed by atoms with E-state index in [9.17, 15) is 0 Å². The summed E-state index contributed by atoms with van der Waals surface area (Å²) in [6, 6.07) is 13.1. The summed E-state index contributed by atoms with van der Waals surface area (Å²) in [5, 5.41) is 11.0. The van der Waals surface area contributed by atoms with E-state index >= 15 is 0 Å². The van der Waals surface area contributed by atoms with Crippen LogP contribution in [0.15, 0.2) is 58.3 Å². The summed E-state index contributed by atoms with van der Waals surface area (Å²) in [5.41, 5.74) is 9.44. The van der Waals surface area contributed by atoms with E-state index in [1.807, 2.05) is 30.5 Å². The van der Waals surface area contributed by atoms with Crippen LogP contribution in [0.5, 0.6) is 0 Å². The van der Waals surface area contributed by atoms with Crippen LogP contribution in [0.3, 0.4) is 0 Å². The van der Waals surface area contributed by atoms with Crippen molar-refractivity contribution in [1.82, 2.24) is 15.2 Å². The van der Waals surface area contributed by atoms with E-state index in [0.717, 1.165) is 22.0 Å². The molecule has 146 valence electrons. The number of fused-ring (bicyclic) bond motifs is 1. The van der Waals surface area contributed by atoms with Gasteiger partial charge in [0.15, 0.2) is 0 Å². The quantitative estimate of drug-likeness (QED) is 0.358. The molecule has 4 rings (SSSR count).